The molecule has 0 bridgehead atoms. The van der Waals surface area contributed by atoms with Crippen LogP contribution in [0, 0.1) is 17.5 Å². The molecule has 2 aromatic carbocycles. The van der Waals surface area contributed by atoms with Crippen LogP contribution in [0.3, 0.4) is 0 Å². The van der Waals surface area contributed by atoms with E-state index in [1.54, 1.807) is 6.07 Å². The third kappa shape index (κ3) is 2.24. The fourth-order valence-electron chi connectivity index (χ4n) is 2.06. The molecule has 0 aliphatic carbocycles. The first kappa shape index (κ1) is 13.2. The zero-order valence-corrected chi connectivity index (χ0v) is 10.6. The van der Waals surface area contributed by atoms with Gasteiger partial charge in [-0.3, -0.25) is 0 Å². The zero-order valence-electron chi connectivity index (χ0n) is 10.6. The van der Waals surface area contributed by atoms with Crippen molar-refractivity contribution in [1.82, 2.24) is 5.16 Å². The van der Waals surface area contributed by atoms with Crippen LogP contribution in [0.15, 0.2) is 47.0 Å². The Hall–Kier alpha value is -2.76. The molecule has 21 heavy (non-hydrogen) atoms. The fraction of sp³-hybridized carbons (Fsp3) is 0. The minimum atomic E-state index is -1.04. The van der Waals surface area contributed by atoms with Crippen LogP contribution in [0.2, 0.25) is 0 Å². The topological polar surface area (TPSA) is 52.0 Å². The number of nitrogen functional groups attached to an aromatic ring is 1. The van der Waals surface area contributed by atoms with Gasteiger partial charge in [0, 0.05) is 11.1 Å². The maximum Gasteiger partial charge on any atom is 0.177 e. The first-order valence-corrected chi connectivity index (χ1v) is 6.03. The lowest BCUT2D eigenvalue weighted by molar-refractivity contribution is 0.435. The number of halogens is 3. The van der Waals surface area contributed by atoms with Crippen LogP contribution in [0.5, 0.6) is 0 Å². The number of anilines is 1. The molecular weight excluding hydrogens is 281 g/mol. The summed E-state index contributed by atoms with van der Waals surface area (Å²) < 4.78 is 45.3. The van der Waals surface area contributed by atoms with Crippen molar-refractivity contribution in [3.05, 3.63) is 59.9 Å². The number of rotatable bonds is 2. The summed E-state index contributed by atoms with van der Waals surface area (Å²) in [6.45, 7) is 0. The minimum Gasteiger partial charge on any atom is -0.380 e. The van der Waals surface area contributed by atoms with Gasteiger partial charge in [0.2, 0.25) is 0 Å². The molecule has 1 aromatic heterocycles. The molecule has 0 saturated heterocycles. The number of hydrogen-bond donors (Lipinski definition) is 1. The second kappa shape index (κ2) is 4.97. The molecule has 106 valence electrons. The maximum absolute atomic E-state index is 13.9. The van der Waals surface area contributed by atoms with Gasteiger partial charge in [0.15, 0.2) is 23.2 Å². The van der Waals surface area contributed by atoms with E-state index in [9.17, 15) is 13.2 Å². The van der Waals surface area contributed by atoms with E-state index in [0.717, 1.165) is 12.1 Å². The standard InChI is InChI=1S/C15H9F3N2O/c16-10-4-2-1-3-9(10)13-14(21-20-15(13)19)8-5-6-11(17)12(18)7-8/h1-7H,(H2,19,20). The molecule has 3 rings (SSSR count). The highest BCUT2D eigenvalue weighted by Gasteiger charge is 2.21. The first-order chi connectivity index (χ1) is 10.1. The summed E-state index contributed by atoms with van der Waals surface area (Å²) >= 11 is 0. The number of hydrogen-bond acceptors (Lipinski definition) is 3. The maximum atomic E-state index is 13.9. The van der Waals surface area contributed by atoms with E-state index in [4.69, 9.17) is 10.3 Å². The molecular formula is C15H9F3N2O. The summed E-state index contributed by atoms with van der Waals surface area (Å²) in [5, 5.41) is 3.58. The van der Waals surface area contributed by atoms with Crippen LogP contribution in [0.4, 0.5) is 19.0 Å². The largest absolute Gasteiger partial charge is 0.380 e. The Bertz CT molecular complexity index is 814. The molecule has 0 aliphatic rings. The van der Waals surface area contributed by atoms with Crippen LogP contribution >= 0.6 is 0 Å². The predicted molar refractivity (Wildman–Crippen MR) is 71.7 cm³/mol. The Balaban J connectivity index is 2.22. The molecule has 0 spiro atoms. The van der Waals surface area contributed by atoms with Crippen LogP contribution in [-0.2, 0) is 0 Å². The summed E-state index contributed by atoms with van der Waals surface area (Å²) in [6, 6.07) is 9.12. The summed E-state index contributed by atoms with van der Waals surface area (Å²) in [5.74, 6) is -2.49. The van der Waals surface area contributed by atoms with Gasteiger partial charge in [0.05, 0.1) is 5.56 Å². The Morgan fingerprint density at radius 3 is 2.38 bits per heavy atom. The van der Waals surface area contributed by atoms with Gasteiger partial charge in [-0.25, -0.2) is 13.2 Å². The molecule has 3 nitrogen and oxygen atoms in total. The van der Waals surface area contributed by atoms with Crippen molar-refractivity contribution in [2.75, 3.05) is 5.73 Å². The summed E-state index contributed by atoms with van der Waals surface area (Å²) in [5.41, 5.74) is 6.31. The Morgan fingerprint density at radius 1 is 0.905 bits per heavy atom. The molecule has 6 heteroatoms. The van der Waals surface area contributed by atoms with Crippen molar-refractivity contribution >= 4 is 5.82 Å². The Kier molecular flexibility index (Phi) is 3.13. The zero-order chi connectivity index (χ0) is 15.0. The van der Waals surface area contributed by atoms with E-state index in [1.807, 2.05) is 0 Å². The van der Waals surface area contributed by atoms with Gasteiger partial charge in [-0.1, -0.05) is 23.4 Å². The molecule has 1 heterocycles. The van der Waals surface area contributed by atoms with Gasteiger partial charge in [0.1, 0.15) is 5.82 Å². The van der Waals surface area contributed by atoms with Gasteiger partial charge >= 0.3 is 0 Å². The molecule has 0 fully saturated rings. The quantitative estimate of drug-likeness (QED) is 0.776. The van der Waals surface area contributed by atoms with Crippen LogP contribution < -0.4 is 5.73 Å². The van der Waals surface area contributed by atoms with E-state index in [-0.39, 0.29) is 28.3 Å². The second-order valence-corrected chi connectivity index (χ2v) is 4.38. The smallest absolute Gasteiger partial charge is 0.177 e. The third-order valence-electron chi connectivity index (χ3n) is 3.04. The van der Waals surface area contributed by atoms with Crippen molar-refractivity contribution in [3.8, 4) is 22.5 Å². The van der Waals surface area contributed by atoms with E-state index in [2.05, 4.69) is 5.16 Å². The highest BCUT2D eigenvalue weighted by atomic mass is 19.2. The van der Waals surface area contributed by atoms with Gasteiger partial charge in [-0.2, -0.15) is 0 Å². The van der Waals surface area contributed by atoms with Crippen molar-refractivity contribution < 1.29 is 17.7 Å². The monoisotopic (exact) mass is 290 g/mol. The summed E-state index contributed by atoms with van der Waals surface area (Å²) in [6.07, 6.45) is 0. The summed E-state index contributed by atoms with van der Waals surface area (Å²) in [7, 11) is 0. The molecule has 0 radical (unpaired) electrons. The average molecular weight is 290 g/mol. The second-order valence-electron chi connectivity index (χ2n) is 4.38. The highest BCUT2D eigenvalue weighted by Crippen LogP contribution is 2.37. The third-order valence-corrected chi connectivity index (χ3v) is 3.04. The molecule has 0 saturated carbocycles. The van der Waals surface area contributed by atoms with Gasteiger partial charge < -0.3 is 10.3 Å². The van der Waals surface area contributed by atoms with E-state index < -0.39 is 17.5 Å². The highest BCUT2D eigenvalue weighted by molar-refractivity contribution is 5.86. The van der Waals surface area contributed by atoms with Crippen molar-refractivity contribution in [1.29, 1.82) is 0 Å². The van der Waals surface area contributed by atoms with Gasteiger partial charge in [0.25, 0.3) is 0 Å². The molecule has 0 unspecified atom stereocenters. The molecule has 2 N–H and O–H groups in total. The van der Waals surface area contributed by atoms with Crippen molar-refractivity contribution in [2.24, 2.45) is 0 Å². The number of nitrogens with zero attached hydrogens (tertiary/aromatic N) is 1. The normalized spacial score (nSPS) is 10.8. The molecule has 0 aliphatic heterocycles. The van der Waals surface area contributed by atoms with Gasteiger partial charge in [-0.05, 0) is 24.3 Å². The lowest BCUT2D eigenvalue weighted by Gasteiger charge is -2.04. The lowest BCUT2D eigenvalue weighted by atomic mass is 10.0. The molecule has 3 aromatic rings. The van der Waals surface area contributed by atoms with Crippen LogP contribution in [0.1, 0.15) is 0 Å². The predicted octanol–water partition coefficient (Wildman–Crippen LogP) is 4.01. The van der Waals surface area contributed by atoms with Gasteiger partial charge in [-0.15, -0.1) is 0 Å². The molecule has 0 atom stereocenters. The van der Waals surface area contributed by atoms with E-state index in [1.165, 1.54) is 24.3 Å². The SMILES string of the molecule is Nc1noc(-c2ccc(F)c(F)c2)c1-c1ccccc1F. The number of aromatic nitrogens is 1. The minimum absolute atomic E-state index is 0.0279. The van der Waals surface area contributed by atoms with Crippen molar-refractivity contribution in [3.63, 3.8) is 0 Å². The average Bonchev–Trinajstić information content (AvgIpc) is 2.84. The number of benzene rings is 2. The van der Waals surface area contributed by atoms with Crippen molar-refractivity contribution in [2.45, 2.75) is 0 Å². The van der Waals surface area contributed by atoms with Crippen LogP contribution in [0.25, 0.3) is 22.5 Å². The Morgan fingerprint density at radius 2 is 1.67 bits per heavy atom. The number of nitrogens with two attached hydrogens (primary N) is 1. The van der Waals surface area contributed by atoms with Crippen LogP contribution in [-0.4, -0.2) is 5.16 Å². The van der Waals surface area contributed by atoms with E-state index >= 15 is 0 Å². The first-order valence-electron chi connectivity index (χ1n) is 6.03. The fourth-order valence-corrected chi connectivity index (χ4v) is 2.06. The Labute approximate surface area is 117 Å². The lowest BCUT2D eigenvalue weighted by Crippen LogP contribution is -1.92. The summed E-state index contributed by atoms with van der Waals surface area (Å²) in [4.78, 5) is 0. The molecule has 0 amide bonds. The van der Waals surface area contributed by atoms with E-state index in [0.29, 0.717) is 0 Å².